The fourth-order valence-electron chi connectivity index (χ4n) is 1.72. The molecule has 0 bridgehead atoms. The molecule has 1 aliphatic heterocycles. The topological polar surface area (TPSA) is 44.4 Å². The van der Waals surface area contributed by atoms with E-state index in [-0.39, 0.29) is 5.91 Å². The summed E-state index contributed by atoms with van der Waals surface area (Å²) >= 11 is 0. The lowest BCUT2D eigenvalue weighted by molar-refractivity contribution is -0.131. The molecular formula is C11H19N3O. The normalized spacial score (nSPS) is 18.2. The zero-order valence-electron chi connectivity index (χ0n) is 9.47. The first-order chi connectivity index (χ1) is 7.09. The Morgan fingerprint density at radius 2 is 2.13 bits per heavy atom. The van der Waals surface area contributed by atoms with Gasteiger partial charge in [-0.1, -0.05) is 5.92 Å². The Labute approximate surface area is 91.4 Å². The summed E-state index contributed by atoms with van der Waals surface area (Å²) in [6, 6.07) is 0. The number of rotatable bonds is 3. The zero-order valence-corrected chi connectivity index (χ0v) is 9.47. The van der Waals surface area contributed by atoms with E-state index in [1.54, 1.807) is 0 Å². The van der Waals surface area contributed by atoms with E-state index in [4.69, 9.17) is 6.42 Å². The Morgan fingerprint density at radius 3 is 2.67 bits per heavy atom. The molecule has 4 nitrogen and oxygen atoms in total. The number of hydrogen-bond acceptors (Lipinski definition) is 3. The lowest BCUT2D eigenvalue weighted by Gasteiger charge is -2.39. The summed E-state index contributed by atoms with van der Waals surface area (Å²) in [6.45, 7) is 7.84. The molecule has 1 saturated heterocycles. The van der Waals surface area contributed by atoms with Gasteiger partial charge in [0, 0.05) is 26.2 Å². The number of carbonyl (C=O) groups is 1. The molecule has 4 heteroatoms. The first-order valence-electron chi connectivity index (χ1n) is 5.26. The predicted molar refractivity (Wildman–Crippen MR) is 60.4 cm³/mol. The molecule has 1 aliphatic rings. The molecule has 1 rings (SSSR count). The molecule has 0 atom stereocenters. The van der Waals surface area contributed by atoms with E-state index in [2.05, 4.69) is 21.5 Å². The third-order valence-electron chi connectivity index (χ3n) is 2.81. The van der Waals surface area contributed by atoms with E-state index in [0.717, 1.165) is 26.2 Å². The van der Waals surface area contributed by atoms with Gasteiger partial charge in [-0.25, -0.2) is 0 Å². The van der Waals surface area contributed by atoms with Gasteiger partial charge in [0.1, 0.15) is 0 Å². The lowest BCUT2D eigenvalue weighted by Crippen LogP contribution is -2.60. The van der Waals surface area contributed by atoms with Crippen LogP contribution in [-0.2, 0) is 4.79 Å². The van der Waals surface area contributed by atoms with Crippen LogP contribution in [0.3, 0.4) is 0 Å². The monoisotopic (exact) mass is 209 g/mol. The minimum atomic E-state index is -0.473. The maximum absolute atomic E-state index is 11.9. The second-order valence-corrected chi connectivity index (χ2v) is 4.18. The molecule has 1 amide bonds. The maximum atomic E-state index is 11.9. The molecular weight excluding hydrogens is 190 g/mol. The summed E-state index contributed by atoms with van der Waals surface area (Å²) in [7, 11) is 0. The first-order valence-corrected chi connectivity index (χ1v) is 5.26. The van der Waals surface area contributed by atoms with Gasteiger partial charge in [-0.3, -0.25) is 9.69 Å². The smallest absolute Gasteiger partial charge is 0.240 e. The van der Waals surface area contributed by atoms with Gasteiger partial charge in [0.15, 0.2) is 0 Å². The van der Waals surface area contributed by atoms with Crippen LogP contribution in [0.2, 0.25) is 0 Å². The summed E-state index contributed by atoms with van der Waals surface area (Å²) in [5.41, 5.74) is -0.473. The maximum Gasteiger partial charge on any atom is 0.240 e. The van der Waals surface area contributed by atoms with Crippen molar-refractivity contribution in [3.63, 3.8) is 0 Å². The molecule has 0 saturated carbocycles. The van der Waals surface area contributed by atoms with Crippen molar-refractivity contribution in [3.8, 4) is 12.3 Å². The van der Waals surface area contributed by atoms with Gasteiger partial charge in [-0.05, 0) is 13.8 Å². The van der Waals surface area contributed by atoms with Crippen molar-refractivity contribution in [1.29, 1.82) is 0 Å². The molecule has 0 radical (unpaired) electrons. The highest BCUT2D eigenvalue weighted by Gasteiger charge is 2.34. The highest BCUT2D eigenvalue weighted by molar-refractivity contribution is 5.85. The van der Waals surface area contributed by atoms with Crippen molar-refractivity contribution in [2.45, 2.75) is 19.4 Å². The molecule has 0 aromatic rings. The largest absolute Gasteiger partial charge is 0.344 e. The first kappa shape index (κ1) is 12.0. The van der Waals surface area contributed by atoms with Crippen LogP contribution in [0.1, 0.15) is 13.8 Å². The van der Waals surface area contributed by atoms with Crippen molar-refractivity contribution in [2.75, 3.05) is 32.7 Å². The number of nitrogens with zero attached hydrogens (tertiary/aromatic N) is 1. The molecule has 0 spiro atoms. The van der Waals surface area contributed by atoms with Crippen molar-refractivity contribution in [3.05, 3.63) is 0 Å². The van der Waals surface area contributed by atoms with Gasteiger partial charge in [0.25, 0.3) is 0 Å². The van der Waals surface area contributed by atoms with Crippen LogP contribution in [0.15, 0.2) is 0 Å². The summed E-state index contributed by atoms with van der Waals surface area (Å²) in [6.07, 6.45) is 5.11. The SMILES string of the molecule is C#CCNC(=O)C(C)(C)N1CCNCC1. The van der Waals surface area contributed by atoms with E-state index in [1.165, 1.54) is 0 Å². The van der Waals surface area contributed by atoms with Gasteiger partial charge < -0.3 is 10.6 Å². The number of nitrogens with one attached hydrogen (secondary N) is 2. The predicted octanol–water partition coefficient (Wildman–Crippen LogP) is -0.580. The van der Waals surface area contributed by atoms with Gasteiger partial charge in [0.05, 0.1) is 12.1 Å². The summed E-state index contributed by atoms with van der Waals surface area (Å²) in [4.78, 5) is 14.0. The van der Waals surface area contributed by atoms with Gasteiger partial charge >= 0.3 is 0 Å². The molecule has 1 heterocycles. The van der Waals surface area contributed by atoms with Crippen molar-refractivity contribution >= 4 is 5.91 Å². The zero-order chi connectivity index (χ0) is 11.3. The molecule has 0 aliphatic carbocycles. The van der Waals surface area contributed by atoms with E-state index in [1.807, 2.05) is 13.8 Å². The van der Waals surface area contributed by atoms with Crippen LogP contribution in [0, 0.1) is 12.3 Å². The highest BCUT2D eigenvalue weighted by Crippen LogP contribution is 2.14. The number of hydrogen-bond donors (Lipinski definition) is 2. The van der Waals surface area contributed by atoms with Crippen LogP contribution in [0.5, 0.6) is 0 Å². The quantitative estimate of drug-likeness (QED) is 0.611. The van der Waals surface area contributed by atoms with Crippen molar-refractivity contribution in [1.82, 2.24) is 15.5 Å². The average Bonchev–Trinajstić information content (AvgIpc) is 2.27. The van der Waals surface area contributed by atoms with E-state index in [0.29, 0.717) is 6.54 Å². The number of amides is 1. The lowest BCUT2D eigenvalue weighted by atomic mass is 10.0. The summed E-state index contributed by atoms with van der Waals surface area (Å²) in [5, 5.41) is 6.00. The van der Waals surface area contributed by atoms with Crippen LogP contribution >= 0.6 is 0 Å². The van der Waals surface area contributed by atoms with Crippen molar-refractivity contribution < 1.29 is 4.79 Å². The summed E-state index contributed by atoms with van der Waals surface area (Å²) in [5.74, 6) is 2.41. The second kappa shape index (κ2) is 5.15. The van der Waals surface area contributed by atoms with Crippen LogP contribution in [0.4, 0.5) is 0 Å². The van der Waals surface area contributed by atoms with Gasteiger partial charge in [0.2, 0.25) is 5.91 Å². The number of piperazine rings is 1. The average molecular weight is 209 g/mol. The molecule has 0 aromatic heterocycles. The number of carbonyl (C=O) groups excluding carboxylic acids is 1. The fraction of sp³-hybridized carbons (Fsp3) is 0.727. The molecule has 0 aromatic carbocycles. The molecule has 1 fully saturated rings. The van der Waals surface area contributed by atoms with Crippen LogP contribution < -0.4 is 10.6 Å². The van der Waals surface area contributed by atoms with E-state index in [9.17, 15) is 4.79 Å². The Kier molecular flexibility index (Phi) is 4.13. The molecule has 0 unspecified atom stereocenters. The molecule has 15 heavy (non-hydrogen) atoms. The number of terminal acetylenes is 1. The fourth-order valence-corrected chi connectivity index (χ4v) is 1.72. The minimum absolute atomic E-state index is 0.00218. The molecule has 84 valence electrons. The van der Waals surface area contributed by atoms with Gasteiger partial charge in [-0.2, -0.15) is 0 Å². The third kappa shape index (κ3) is 2.95. The van der Waals surface area contributed by atoms with E-state index < -0.39 is 5.54 Å². The van der Waals surface area contributed by atoms with Gasteiger partial charge in [-0.15, -0.1) is 6.42 Å². The Bertz CT molecular complexity index is 261. The van der Waals surface area contributed by atoms with Crippen LogP contribution in [0.25, 0.3) is 0 Å². The standard InChI is InChI=1S/C11H19N3O/c1-4-5-13-10(15)11(2,3)14-8-6-12-7-9-14/h1,12H,5-9H2,2-3H3,(H,13,15). The highest BCUT2D eigenvalue weighted by atomic mass is 16.2. The molecule has 2 N–H and O–H groups in total. The Morgan fingerprint density at radius 1 is 1.53 bits per heavy atom. The minimum Gasteiger partial charge on any atom is -0.344 e. The Hall–Kier alpha value is -1.05. The summed E-state index contributed by atoms with van der Waals surface area (Å²) < 4.78 is 0. The van der Waals surface area contributed by atoms with Crippen LogP contribution in [-0.4, -0.2) is 49.1 Å². The Balaban J connectivity index is 2.55. The second-order valence-electron chi connectivity index (χ2n) is 4.18. The third-order valence-corrected chi connectivity index (χ3v) is 2.81. The van der Waals surface area contributed by atoms with E-state index >= 15 is 0 Å². The van der Waals surface area contributed by atoms with Crippen molar-refractivity contribution in [2.24, 2.45) is 0 Å².